The molecule has 0 fully saturated rings. The van der Waals surface area contributed by atoms with Crippen LogP contribution >= 0.6 is 0 Å². The first-order valence-corrected chi connectivity index (χ1v) is 9.96. The molecule has 154 valence electrons. The molecule has 0 amide bonds. The molecule has 5 rings (SSSR count). The second-order valence-electron chi connectivity index (χ2n) is 7.64. The van der Waals surface area contributed by atoms with Gasteiger partial charge in [-0.15, -0.1) is 0 Å². The fraction of sp³-hybridized carbons (Fsp3) is 0.0800. The average molecular weight is 410 g/mol. The summed E-state index contributed by atoms with van der Waals surface area (Å²) < 4.78 is 4.85. The van der Waals surface area contributed by atoms with Crippen LogP contribution in [-0.2, 0) is 4.74 Å². The number of esters is 1. The Bertz CT molecular complexity index is 1330. The van der Waals surface area contributed by atoms with Gasteiger partial charge in [0.25, 0.3) is 0 Å². The lowest BCUT2D eigenvalue weighted by molar-refractivity contribution is 0.0600. The van der Waals surface area contributed by atoms with Crippen molar-refractivity contribution in [2.24, 2.45) is 0 Å². The van der Waals surface area contributed by atoms with E-state index in [0.717, 1.165) is 38.5 Å². The van der Waals surface area contributed by atoms with E-state index in [0.29, 0.717) is 16.9 Å². The summed E-state index contributed by atoms with van der Waals surface area (Å²) in [5.74, 6) is -0.458. The summed E-state index contributed by atoms with van der Waals surface area (Å²) in [6, 6.07) is 19.2. The van der Waals surface area contributed by atoms with Crippen molar-refractivity contribution in [1.82, 2.24) is 9.97 Å². The van der Waals surface area contributed by atoms with E-state index in [1.807, 2.05) is 60.9 Å². The minimum atomic E-state index is -0.358. The van der Waals surface area contributed by atoms with Crippen LogP contribution in [0.2, 0.25) is 0 Å². The molecule has 0 bridgehead atoms. The SMILES string of the molecule is COC(=O)c1ccc(C(c2c[nH]c3ccc(N)cc23)c2c[nH]c3ccc(N)cc23)cc1. The molecular weight excluding hydrogens is 388 g/mol. The predicted octanol–water partition coefficient (Wildman–Crippen LogP) is 4.78. The standard InChI is InChI=1S/C25H22N4O2/c1-31-25(30)15-4-2-14(3-5-15)24(20-12-28-22-8-6-16(26)10-18(20)22)21-13-29-23-9-7-17(27)11-19(21)23/h2-13,24,28-29H,26-27H2,1H3. The van der Waals surface area contributed by atoms with Crippen LogP contribution in [0.5, 0.6) is 0 Å². The van der Waals surface area contributed by atoms with Crippen molar-refractivity contribution in [2.75, 3.05) is 18.6 Å². The molecule has 0 aliphatic carbocycles. The molecule has 0 atom stereocenters. The summed E-state index contributed by atoms with van der Waals surface area (Å²) in [6.45, 7) is 0. The molecule has 2 heterocycles. The topological polar surface area (TPSA) is 110 Å². The lowest BCUT2D eigenvalue weighted by atomic mass is 9.84. The van der Waals surface area contributed by atoms with Crippen molar-refractivity contribution in [3.05, 3.63) is 95.3 Å². The van der Waals surface area contributed by atoms with Gasteiger partial charge in [-0.05, 0) is 65.2 Å². The molecule has 6 N–H and O–H groups in total. The molecule has 5 aromatic rings. The number of ether oxygens (including phenoxy) is 1. The number of rotatable bonds is 4. The third-order valence-corrected chi connectivity index (χ3v) is 5.76. The fourth-order valence-electron chi connectivity index (χ4n) is 4.25. The van der Waals surface area contributed by atoms with Gasteiger partial charge in [-0.25, -0.2) is 4.79 Å². The van der Waals surface area contributed by atoms with Gasteiger partial charge in [-0.2, -0.15) is 0 Å². The van der Waals surface area contributed by atoms with E-state index >= 15 is 0 Å². The van der Waals surface area contributed by atoms with Gasteiger partial charge in [0.05, 0.1) is 12.7 Å². The van der Waals surface area contributed by atoms with Crippen molar-refractivity contribution in [1.29, 1.82) is 0 Å². The molecule has 0 saturated heterocycles. The van der Waals surface area contributed by atoms with Crippen LogP contribution in [-0.4, -0.2) is 23.0 Å². The maximum Gasteiger partial charge on any atom is 0.337 e. The number of carbonyl (C=O) groups is 1. The number of H-pyrrole nitrogens is 2. The number of nitrogens with one attached hydrogen (secondary N) is 2. The van der Waals surface area contributed by atoms with E-state index in [9.17, 15) is 4.79 Å². The number of aromatic amines is 2. The number of carbonyl (C=O) groups excluding carboxylic acids is 1. The van der Waals surface area contributed by atoms with Gasteiger partial charge < -0.3 is 26.2 Å². The normalized spacial score (nSPS) is 11.4. The number of fused-ring (bicyclic) bond motifs is 2. The number of nitrogens with two attached hydrogens (primary N) is 2. The highest BCUT2D eigenvalue weighted by Gasteiger charge is 2.24. The molecule has 0 aliphatic heterocycles. The molecule has 0 spiro atoms. The minimum Gasteiger partial charge on any atom is -0.465 e. The molecular formula is C25H22N4O2. The molecule has 0 unspecified atom stereocenters. The lowest BCUT2D eigenvalue weighted by Gasteiger charge is -2.18. The fourth-order valence-corrected chi connectivity index (χ4v) is 4.25. The average Bonchev–Trinajstić information content (AvgIpc) is 3.38. The Morgan fingerprint density at radius 3 is 1.81 bits per heavy atom. The molecule has 0 aliphatic rings. The zero-order chi connectivity index (χ0) is 21.5. The van der Waals surface area contributed by atoms with E-state index in [-0.39, 0.29) is 11.9 Å². The van der Waals surface area contributed by atoms with Crippen molar-refractivity contribution in [3.8, 4) is 0 Å². The summed E-state index contributed by atoms with van der Waals surface area (Å²) in [6.07, 6.45) is 4.04. The van der Waals surface area contributed by atoms with Crippen molar-refractivity contribution >= 4 is 39.1 Å². The van der Waals surface area contributed by atoms with Crippen molar-refractivity contribution in [2.45, 2.75) is 5.92 Å². The second-order valence-corrected chi connectivity index (χ2v) is 7.64. The highest BCUT2D eigenvalue weighted by Crippen LogP contribution is 2.40. The summed E-state index contributed by atoms with van der Waals surface area (Å²) in [5.41, 5.74) is 19.4. The second kappa shape index (κ2) is 7.25. The van der Waals surface area contributed by atoms with Crippen LogP contribution in [0.1, 0.15) is 33.0 Å². The van der Waals surface area contributed by atoms with Crippen LogP contribution in [0.3, 0.4) is 0 Å². The van der Waals surface area contributed by atoms with Gasteiger partial charge in [-0.3, -0.25) is 0 Å². The van der Waals surface area contributed by atoms with Crippen LogP contribution < -0.4 is 11.5 Å². The molecule has 3 aromatic carbocycles. The monoisotopic (exact) mass is 410 g/mol. The van der Waals surface area contributed by atoms with Crippen LogP contribution in [0.4, 0.5) is 11.4 Å². The molecule has 2 aromatic heterocycles. The third kappa shape index (κ3) is 3.18. The molecule has 0 saturated carbocycles. The van der Waals surface area contributed by atoms with Crippen LogP contribution in [0.15, 0.2) is 73.1 Å². The van der Waals surface area contributed by atoms with Crippen molar-refractivity contribution < 1.29 is 9.53 Å². The minimum absolute atomic E-state index is 0.0993. The summed E-state index contributed by atoms with van der Waals surface area (Å²) >= 11 is 0. The van der Waals surface area contributed by atoms with E-state index < -0.39 is 0 Å². The van der Waals surface area contributed by atoms with Crippen LogP contribution in [0, 0.1) is 0 Å². The Morgan fingerprint density at radius 2 is 1.32 bits per heavy atom. The van der Waals surface area contributed by atoms with Gasteiger partial charge in [0.2, 0.25) is 0 Å². The Hall–Kier alpha value is -4.19. The number of aromatic nitrogens is 2. The number of anilines is 2. The first-order valence-electron chi connectivity index (χ1n) is 9.96. The zero-order valence-corrected chi connectivity index (χ0v) is 17.0. The Balaban J connectivity index is 1.75. The number of hydrogen-bond acceptors (Lipinski definition) is 4. The third-order valence-electron chi connectivity index (χ3n) is 5.76. The largest absolute Gasteiger partial charge is 0.465 e. The quantitative estimate of drug-likeness (QED) is 0.252. The number of hydrogen-bond donors (Lipinski definition) is 4. The predicted molar refractivity (Wildman–Crippen MR) is 124 cm³/mol. The van der Waals surface area contributed by atoms with E-state index in [4.69, 9.17) is 16.2 Å². The molecule has 6 heteroatoms. The highest BCUT2D eigenvalue weighted by atomic mass is 16.5. The smallest absolute Gasteiger partial charge is 0.337 e. The molecule has 6 nitrogen and oxygen atoms in total. The van der Waals surface area contributed by atoms with Crippen LogP contribution in [0.25, 0.3) is 21.8 Å². The van der Waals surface area contributed by atoms with E-state index in [1.54, 1.807) is 12.1 Å². The number of benzene rings is 3. The van der Waals surface area contributed by atoms with Gasteiger partial charge >= 0.3 is 5.97 Å². The Labute approximate surface area is 178 Å². The summed E-state index contributed by atoms with van der Waals surface area (Å²) in [5, 5.41) is 2.11. The van der Waals surface area contributed by atoms with Crippen molar-refractivity contribution in [3.63, 3.8) is 0 Å². The maximum atomic E-state index is 11.9. The molecule has 0 radical (unpaired) electrons. The van der Waals surface area contributed by atoms with Gasteiger partial charge in [0, 0.05) is 51.5 Å². The summed E-state index contributed by atoms with van der Waals surface area (Å²) in [7, 11) is 1.38. The van der Waals surface area contributed by atoms with Gasteiger partial charge in [0.15, 0.2) is 0 Å². The summed E-state index contributed by atoms with van der Waals surface area (Å²) in [4.78, 5) is 18.6. The van der Waals surface area contributed by atoms with E-state index in [1.165, 1.54) is 7.11 Å². The number of methoxy groups -OCH3 is 1. The molecule has 31 heavy (non-hydrogen) atoms. The first kappa shape index (κ1) is 18.8. The van der Waals surface area contributed by atoms with Gasteiger partial charge in [-0.1, -0.05) is 12.1 Å². The highest BCUT2D eigenvalue weighted by molar-refractivity contribution is 5.92. The van der Waals surface area contributed by atoms with Gasteiger partial charge in [0.1, 0.15) is 0 Å². The maximum absolute atomic E-state index is 11.9. The Kier molecular flexibility index (Phi) is 4.40. The first-order chi connectivity index (χ1) is 15.0. The zero-order valence-electron chi connectivity index (χ0n) is 17.0. The Morgan fingerprint density at radius 1 is 0.806 bits per heavy atom. The van der Waals surface area contributed by atoms with E-state index in [2.05, 4.69) is 9.97 Å². The lowest BCUT2D eigenvalue weighted by Crippen LogP contribution is -2.05. The number of nitrogen functional groups attached to an aromatic ring is 2.